The second-order valence-electron chi connectivity index (χ2n) is 3.13. The molecule has 3 heteroatoms. The van der Waals surface area contributed by atoms with Crippen LogP contribution < -0.4 is 5.32 Å². The van der Waals surface area contributed by atoms with Crippen LogP contribution in [0.2, 0.25) is 0 Å². The fraction of sp³-hybridized carbons (Fsp3) is 1.00. The molecule has 1 aliphatic heterocycles. The zero-order chi connectivity index (χ0) is 10.1. The van der Waals surface area contributed by atoms with Gasteiger partial charge in [0.15, 0.2) is 0 Å². The van der Waals surface area contributed by atoms with Gasteiger partial charge in [-0.3, -0.25) is 0 Å². The van der Waals surface area contributed by atoms with Gasteiger partial charge >= 0.3 is 0 Å². The van der Waals surface area contributed by atoms with Gasteiger partial charge in [-0.15, -0.1) is 0 Å². The summed E-state index contributed by atoms with van der Waals surface area (Å²) in [5, 5.41) is 12.0. The van der Waals surface area contributed by atoms with Crippen molar-refractivity contribution in [2.75, 3.05) is 26.9 Å². The third-order valence-corrected chi connectivity index (χ3v) is 2.27. The van der Waals surface area contributed by atoms with Crippen LogP contribution in [-0.2, 0) is 4.74 Å². The van der Waals surface area contributed by atoms with Crippen LogP contribution in [0.4, 0.5) is 0 Å². The predicted molar refractivity (Wildman–Crippen MR) is 54.8 cm³/mol. The van der Waals surface area contributed by atoms with E-state index in [2.05, 4.69) is 5.32 Å². The maximum atomic E-state index is 8.88. The Morgan fingerprint density at radius 2 is 2.23 bits per heavy atom. The molecule has 0 aliphatic carbocycles. The van der Waals surface area contributed by atoms with Gasteiger partial charge in [0.05, 0.1) is 6.61 Å². The van der Waals surface area contributed by atoms with Crippen molar-refractivity contribution in [3.05, 3.63) is 0 Å². The van der Waals surface area contributed by atoms with E-state index in [4.69, 9.17) is 9.84 Å². The highest BCUT2D eigenvalue weighted by Gasteiger charge is 2.18. The van der Waals surface area contributed by atoms with E-state index in [1.165, 1.54) is 0 Å². The average Bonchev–Trinajstić information content (AvgIpc) is 2.70. The average molecular weight is 189 g/mol. The van der Waals surface area contributed by atoms with Gasteiger partial charge in [-0.25, -0.2) is 0 Å². The van der Waals surface area contributed by atoms with Crippen LogP contribution in [-0.4, -0.2) is 38.0 Å². The summed E-state index contributed by atoms with van der Waals surface area (Å²) in [6.07, 6.45) is 2.19. The summed E-state index contributed by atoms with van der Waals surface area (Å²) < 4.78 is 5.24. The Labute approximate surface area is 81.5 Å². The molecule has 1 fully saturated rings. The smallest absolute Gasteiger partial charge is 0.0584 e. The molecule has 0 radical (unpaired) electrons. The van der Waals surface area contributed by atoms with Crippen LogP contribution in [0, 0.1) is 5.92 Å². The number of aliphatic hydroxyl groups is 1. The highest BCUT2D eigenvalue weighted by Crippen LogP contribution is 2.17. The Kier molecular flexibility index (Phi) is 8.40. The summed E-state index contributed by atoms with van der Waals surface area (Å²) in [6.45, 7) is 6.00. The lowest BCUT2D eigenvalue weighted by Gasteiger charge is -2.16. The first-order valence-electron chi connectivity index (χ1n) is 5.22. The lowest BCUT2D eigenvalue weighted by molar-refractivity contribution is 0.174. The van der Waals surface area contributed by atoms with Gasteiger partial charge in [0.1, 0.15) is 0 Å². The molecular weight excluding hydrogens is 166 g/mol. The molecule has 80 valence electrons. The maximum Gasteiger partial charge on any atom is 0.0584 e. The highest BCUT2D eigenvalue weighted by atomic mass is 16.5. The lowest BCUT2D eigenvalue weighted by atomic mass is 10.00. The van der Waals surface area contributed by atoms with Crippen molar-refractivity contribution < 1.29 is 9.84 Å². The molecule has 1 aliphatic rings. The first-order valence-corrected chi connectivity index (χ1v) is 5.22. The van der Waals surface area contributed by atoms with Crippen LogP contribution in [0.5, 0.6) is 0 Å². The van der Waals surface area contributed by atoms with E-state index < -0.39 is 0 Å². The lowest BCUT2D eigenvalue weighted by Crippen LogP contribution is -2.31. The molecular formula is C10H23NO2. The standard InChI is InChI=1S/C8H17NO2.C2H6/c1-9-8(5-10)4-7-2-3-11-6-7;1-2/h7-10H,2-6H2,1H3;1-2H3. The van der Waals surface area contributed by atoms with Gasteiger partial charge < -0.3 is 15.2 Å². The molecule has 0 aromatic rings. The van der Waals surface area contributed by atoms with E-state index in [0.717, 1.165) is 26.1 Å². The van der Waals surface area contributed by atoms with Gasteiger partial charge in [0.25, 0.3) is 0 Å². The Balaban J connectivity index is 0.000000671. The predicted octanol–water partition coefficient (Wildman–Crippen LogP) is 1.02. The third kappa shape index (κ3) is 5.24. The molecule has 1 heterocycles. The molecule has 3 nitrogen and oxygen atoms in total. The summed E-state index contributed by atoms with van der Waals surface area (Å²) in [6, 6.07) is 0.252. The minimum absolute atomic E-state index is 0.229. The molecule has 2 N–H and O–H groups in total. The van der Waals surface area contributed by atoms with Crippen molar-refractivity contribution >= 4 is 0 Å². The van der Waals surface area contributed by atoms with Crippen LogP contribution in [0.1, 0.15) is 26.7 Å². The summed E-state index contributed by atoms with van der Waals surface area (Å²) >= 11 is 0. The molecule has 0 spiro atoms. The van der Waals surface area contributed by atoms with E-state index in [1.54, 1.807) is 0 Å². The Hall–Kier alpha value is -0.120. The molecule has 0 aromatic carbocycles. The maximum absolute atomic E-state index is 8.88. The zero-order valence-electron chi connectivity index (χ0n) is 9.05. The summed E-state index contributed by atoms with van der Waals surface area (Å²) in [7, 11) is 1.89. The summed E-state index contributed by atoms with van der Waals surface area (Å²) in [4.78, 5) is 0. The van der Waals surface area contributed by atoms with Crippen molar-refractivity contribution in [1.82, 2.24) is 5.32 Å². The fourth-order valence-corrected chi connectivity index (χ4v) is 1.46. The molecule has 2 unspecified atom stereocenters. The van der Waals surface area contributed by atoms with Gasteiger partial charge in [-0.1, -0.05) is 13.8 Å². The highest BCUT2D eigenvalue weighted by molar-refractivity contribution is 4.72. The molecule has 1 saturated heterocycles. The number of aliphatic hydroxyl groups excluding tert-OH is 1. The second kappa shape index (κ2) is 8.48. The first kappa shape index (κ1) is 12.9. The van der Waals surface area contributed by atoms with Crippen molar-refractivity contribution in [2.24, 2.45) is 5.92 Å². The fourth-order valence-electron chi connectivity index (χ4n) is 1.46. The van der Waals surface area contributed by atoms with Gasteiger partial charge in [-0.2, -0.15) is 0 Å². The number of likely N-dealkylation sites (N-methyl/N-ethyl adjacent to an activating group) is 1. The molecule has 0 saturated carbocycles. The van der Waals surface area contributed by atoms with Crippen LogP contribution in [0.15, 0.2) is 0 Å². The van der Waals surface area contributed by atoms with Crippen molar-refractivity contribution in [2.45, 2.75) is 32.7 Å². The van der Waals surface area contributed by atoms with E-state index in [0.29, 0.717) is 5.92 Å². The molecule has 0 bridgehead atoms. The van der Waals surface area contributed by atoms with Crippen LogP contribution >= 0.6 is 0 Å². The minimum atomic E-state index is 0.229. The van der Waals surface area contributed by atoms with Crippen molar-refractivity contribution in [3.63, 3.8) is 0 Å². The first-order chi connectivity index (χ1) is 6.36. The molecule has 0 aromatic heterocycles. The van der Waals surface area contributed by atoms with Gasteiger partial charge in [0, 0.05) is 19.3 Å². The SMILES string of the molecule is CC.CNC(CO)CC1CCOC1. The Bertz CT molecular complexity index is 99.1. The van der Waals surface area contributed by atoms with E-state index in [-0.39, 0.29) is 12.6 Å². The normalized spacial score (nSPS) is 23.5. The van der Waals surface area contributed by atoms with E-state index in [9.17, 15) is 0 Å². The largest absolute Gasteiger partial charge is 0.395 e. The van der Waals surface area contributed by atoms with Gasteiger partial charge in [-0.05, 0) is 25.8 Å². The third-order valence-electron chi connectivity index (χ3n) is 2.27. The number of hydrogen-bond acceptors (Lipinski definition) is 3. The number of rotatable bonds is 4. The summed E-state index contributed by atoms with van der Waals surface area (Å²) in [5.74, 6) is 0.652. The molecule has 1 rings (SSSR count). The molecule has 2 atom stereocenters. The van der Waals surface area contributed by atoms with E-state index >= 15 is 0 Å². The van der Waals surface area contributed by atoms with Crippen LogP contribution in [0.3, 0.4) is 0 Å². The topological polar surface area (TPSA) is 41.5 Å². The zero-order valence-corrected chi connectivity index (χ0v) is 9.05. The second-order valence-corrected chi connectivity index (χ2v) is 3.13. The quantitative estimate of drug-likeness (QED) is 0.694. The van der Waals surface area contributed by atoms with Crippen molar-refractivity contribution in [1.29, 1.82) is 0 Å². The molecule has 13 heavy (non-hydrogen) atoms. The summed E-state index contributed by atoms with van der Waals surface area (Å²) in [5.41, 5.74) is 0. The molecule has 0 amide bonds. The Morgan fingerprint density at radius 3 is 2.62 bits per heavy atom. The van der Waals surface area contributed by atoms with Crippen LogP contribution in [0.25, 0.3) is 0 Å². The minimum Gasteiger partial charge on any atom is -0.395 e. The number of hydrogen-bond donors (Lipinski definition) is 2. The van der Waals surface area contributed by atoms with E-state index in [1.807, 2.05) is 20.9 Å². The van der Waals surface area contributed by atoms with Gasteiger partial charge in [0.2, 0.25) is 0 Å². The van der Waals surface area contributed by atoms with Crippen molar-refractivity contribution in [3.8, 4) is 0 Å². The monoisotopic (exact) mass is 189 g/mol. The number of ether oxygens (including phenoxy) is 1. The Morgan fingerprint density at radius 1 is 1.54 bits per heavy atom. The number of nitrogens with one attached hydrogen (secondary N) is 1.